The summed E-state index contributed by atoms with van der Waals surface area (Å²) in [6, 6.07) is 17.6. The van der Waals surface area contributed by atoms with E-state index in [-0.39, 0.29) is 23.3 Å². The van der Waals surface area contributed by atoms with Crippen molar-refractivity contribution in [2.75, 3.05) is 7.05 Å². The second kappa shape index (κ2) is 18.2. The molecule has 294 valence electrons. The van der Waals surface area contributed by atoms with Crippen molar-refractivity contribution in [2.24, 2.45) is 62.9 Å². The van der Waals surface area contributed by atoms with Crippen LogP contribution in [-0.4, -0.2) is 31.0 Å². The highest BCUT2D eigenvalue weighted by Gasteiger charge is 2.66. The van der Waals surface area contributed by atoms with Gasteiger partial charge in [0.25, 0.3) is 0 Å². The molecule has 4 N–H and O–H groups in total. The van der Waals surface area contributed by atoms with Crippen LogP contribution in [0.4, 0.5) is 0 Å². The summed E-state index contributed by atoms with van der Waals surface area (Å²) < 4.78 is 0. The molecule has 7 rings (SSSR count). The maximum Gasteiger partial charge on any atom is 0.204 e. The third-order valence-electron chi connectivity index (χ3n) is 15.3. The number of aryl methyl sites for hydroxylation is 3. The number of aliphatic hydroxyl groups is 1. The van der Waals surface area contributed by atoms with Crippen LogP contribution in [0.1, 0.15) is 128 Å². The number of allylic oxidation sites excluding steroid dienone is 1. The highest BCUT2D eigenvalue weighted by Crippen LogP contribution is 2.73. The Hall–Kier alpha value is -2.76. The first kappa shape index (κ1) is 43.0. The first-order valence-electron chi connectivity index (χ1n) is 20.9. The fraction of sp³-hybridized carbons (Fsp3) is 0.667. The average Bonchev–Trinajstić information content (AvgIpc) is 3.47. The molecule has 5 aliphatic carbocycles. The molecule has 0 aromatic heterocycles. The van der Waals surface area contributed by atoms with Gasteiger partial charge < -0.3 is 21.0 Å². The lowest BCUT2D eigenvalue weighted by molar-refractivity contribution is -0.215. The van der Waals surface area contributed by atoms with Gasteiger partial charge >= 0.3 is 0 Å². The molecule has 0 heterocycles. The number of hydrogen-bond donors (Lipinski definition) is 3. The Morgan fingerprint density at radius 1 is 0.830 bits per heavy atom. The molecule has 0 bridgehead atoms. The lowest BCUT2D eigenvalue weighted by Crippen LogP contribution is -2.63. The Morgan fingerprint density at radius 2 is 1.42 bits per heavy atom. The molecule has 5 heteroatoms. The van der Waals surface area contributed by atoms with Crippen molar-refractivity contribution >= 4 is 12.7 Å². The highest BCUT2D eigenvalue weighted by molar-refractivity contribution is 5.61. The molecule has 5 fully saturated rings. The largest absolute Gasteiger partial charge is 0.393 e. The van der Waals surface area contributed by atoms with Crippen molar-refractivity contribution in [3.63, 3.8) is 0 Å². The summed E-state index contributed by atoms with van der Waals surface area (Å²) in [7, 11) is 1.99. The SMILES string of the molecule is C=CC.CC1CCC2(C=O)CCC3C(CCC4C3(C)CCC3C(C)(C)C(O)CCC34C)C12.CNCc1cccc(CCc2cccc(C)c2)c1.NC=O. The Morgan fingerprint density at radius 3 is 2.04 bits per heavy atom. The topological polar surface area (TPSA) is 92.4 Å². The van der Waals surface area contributed by atoms with Gasteiger partial charge in [-0.3, -0.25) is 4.79 Å². The van der Waals surface area contributed by atoms with Crippen LogP contribution in [0, 0.1) is 64.1 Å². The summed E-state index contributed by atoms with van der Waals surface area (Å²) in [5, 5.41) is 14.0. The van der Waals surface area contributed by atoms with E-state index in [1.165, 1.54) is 73.5 Å². The van der Waals surface area contributed by atoms with Crippen LogP contribution >= 0.6 is 0 Å². The Bertz CT molecular complexity index is 1500. The van der Waals surface area contributed by atoms with Crippen molar-refractivity contribution in [3.8, 4) is 0 Å². The van der Waals surface area contributed by atoms with Crippen molar-refractivity contribution in [2.45, 2.75) is 138 Å². The summed E-state index contributed by atoms with van der Waals surface area (Å²) >= 11 is 0. The van der Waals surface area contributed by atoms with E-state index in [9.17, 15) is 9.90 Å². The molecular weight excluding hydrogens is 653 g/mol. The van der Waals surface area contributed by atoms with E-state index in [0.29, 0.717) is 22.7 Å². The maximum atomic E-state index is 12.3. The van der Waals surface area contributed by atoms with Crippen LogP contribution < -0.4 is 11.1 Å². The Balaban J connectivity index is 0.000000224. The number of carbonyl (C=O) groups is 2. The molecule has 5 saturated carbocycles. The van der Waals surface area contributed by atoms with Crippen LogP contribution in [0.15, 0.2) is 61.2 Å². The number of aldehydes is 1. The molecular formula is C48H74N2O3. The van der Waals surface area contributed by atoms with E-state index in [0.717, 1.165) is 62.3 Å². The molecule has 10 atom stereocenters. The standard InChI is InChI=1S/C27H44O2.C17H21N.C3H6.CH3NO/c1-17-8-14-27(16-28)15-9-19-18(23(17)27)6-7-21-25(19,4)12-10-20-24(2,3)22(29)11-13-26(20,21)5;1-14-5-3-6-15(11-14)9-10-16-7-4-8-17(12-16)13-18-2;1-3-2;2-1-3/h16-23,29H,6-15H2,1-5H3;3-8,11-12,18H,9-10,13H2,1-2H3;3H,1H2,2H3;1H,(H2,2,3). The monoisotopic (exact) mass is 727 g/mol. The summed E-state index contributed by atoms with van der Waals surface area (Å²) in [4.78, 5) is 20.8. The highest BCUT2D eigenvalue weighted by atomic mass is 16.3. The number of primary amides is 1. The van der Waals surface area contributed by atoms with E-state index in [2.05, 4.69) is 108 Å². The minimum absolute atomic E-state index is 0.0157. The fourth-order valence-corrected chi connectivity index (χ4v) is 13.1. The summed E-state index contributed by atoms with van der Waals surface area (Å²) in [6.07, 6.45) is 17.9. The van der Waals surface area contributed by atoms with E-state index < -0.39 is 0 Å². The van der Waals surface area contributed by atoms with Gasteiger partial charge in [0.05, 0.1) is 6.10 Å². The molecule has 0 radical (unpaired) electrons. The van der Waals surface area contributed by atoms with Crippen molar-refractivity contribution in [1.29, 1.82) is 0 Å². The van der Waals surface area contributed by atoms with Gasteiger partial charge in [-0.15, -0.1) is 6.58 Å². The molecule has 0 spiro atoms. The van der Waals surface area contributed by atoms with Crippen LogP contribution in [0.25, 0.3) is 0 Å². The number of rotatable bonds is 6. The molecule has 0 saturated heterocycles. The lowest BCUT2D eigenvalue weighted by atomic mass is 9.36. The second-order valence-electron chi connectivity index (χ2n) is 18.7. The first-order chi connectivity index (χ1) is 25.2. The maximum absolute atomic E-state index is 12.3. The van der Waals surface area contributed by atoms with Gasteiger partial charge in [-0.05, 0) is 166 Å². The third kappa shape index (κ3) is 8.88. The van der Waals surface area contributed by atoms with Crippen molar-refractivity contribution in [3.05, 3.63) is 83.4 Å². The van der Waals surface area contributed by atoms with Crippen LogP contribution in [0.2, 0.25) is 0 Å². The quantitative estimate of drug-likeness (QED) is 0.204. The molecule has 53 heavy (non-hydrogen) atoms. The molecule has 2 aromatic carbocycles. The predicted octanol–water partition coefficient (Wildman–Crippen LogP) is 10.1. The summed E-state index contributed by atoms with van der Waals surface area (Å²) in [5.74, 6) is 4.40. The summed E-state index contributed by atoms with van der Waals surface area (Å²) in [5.41, 5.74) is 10.6. The number of benzene rings is 2. The van der Waals surface area contributed by atoms with Crippen molar-refractivity contribution < 1.29 is 14.7 Å². The number of fused-ring (bicyclic) bond motifs is 7. The number of carbonyl (C=O) groups excluding carboxylic acids is 2. The van der Waals surface area contributed by atoms with Gasteiger partial charge in [0.15, 0.2) is 0 Å². The van der Waals surface area contributed by atoms with E-state index in [1.807, 2.05) is 14.0 Å². The molecule has 0 aliphatic heterocycles. The van der Waals surface area contributed by atoms with Gasteiger partial charge in [0.2, 0.25) is 6.41 Å². The van der Waals surface area contributed by atoms with E-state index in [4.69, 9.17) is 4.79 Å². The molecule has 1 amide bonds. The second-order valence-corrected chi connectivity index (χ2v) is 18.7. The zero-order valence-corrected chi connectivity index (χ0v) is 34.6. The third-order valence-corrected chi connectivity index (χ3v) is 15.3. The molecule has 5 aliphatic rings. The van der Waals surface area contributed by atoms with Gasteiger partial charge in [-0.1, -0.05) is 94.8 Å². The normalized spacial score (nSPS) is 36.1. The van der Waals surface area contributed by atoms with Crippen molar-refractivity contribution in [1.82, 2.24) is 5.32 Å². The average molecular weight is 727 g/mol. The fourth-order valence-electron chi connectivity index (χ4n) is 13.1. The van der Waals surface area contributed by atoms with Gasteiger partial charge in [0, 0.05) is 12.0 Å². The zero-order chi connectivity index (χ0) is 39.0. The van der Waals surface area contributed by atoms with Crippen LogP contribution in [-0.2, 0) is 29.0 Å². The molecule has 5 nitrogen and oxygen atoms in total. The summed E-state index contributed by atoms with van der Waals surface area (Å²) in [6.45, 7) is 20.7. The number of amides is 1. The van der Waals surface area contributed by atoms with E-state index >= 15 is 0 Å². The Kier molecular flexibility index (Phi) is 14.8. The van der Waals surface area contributed by atoms with Gasteiger partial charge in [-0.25, -0.2) is 0 Å². The number of hydrogen-bond acceptors (Lipinski definition) is 4. The predicted molar refractivity (Wildman–Crippen MR) is 221 cm³/mol. The molecule has 10 unspecified atom stereocenters. The van der Waals surface area contributed by atoms with Crippen LogP contribution in [0.3, 0.4) is 0 Å². The Labute approximate surface area is 323 Å². The van der Waals surface area contributed by atoms with Gasteiger partial charge in [0.1, 0.15) is 6.29 Å². The minimum atomic E-state index is -0.136. The zero-order valence-electron chi connectivity index (χ0n) is 34.6. The minimum Gasteiger partial charge on any atom is -0.393 e. The number of aliphatic hydroxyl groups excluding tert-OH is 1. The first-order valence-corrected chi connectivity index (χ1v) is 20.9. The molecule has 2 aromatic rings. The lowest BCUT2D eigenvalue weighted by Gasteiger charge is -2.69. The van der Waals surface area contributed by atoms with E-state index in [1.54, 1.807) is 6.08 Å². The number of nitrogens with one attached hydrogen (secondary N) is 1. The number of nitrogens with two attached hydrogens (primary N) is 1. The van der Waals surface area contributed by atoms with Crippen LogP contribution in [0.5, 0.6) is 0 Å². The van der Waals surface area contributed by atoms with Gasteiger partial charge in [-0.2, -0.15) is 0 Å². The smallest absolute Gasteiger partial charge is 0.204 e.